The first-order chi connectivity index (χ1) is 13.2. The van der Waals surface area contributed by atoms with E-state index in [4.69, 9.17) is 4.74 Å². The Labute approximate surface area is 163 Å². The summed E-state index contributed by atoms with van der Waals surface area (Å²) in [7, 11) is 0. The number of carbonyl (C=O) groups is 2. The number of ether oxygens (including phenoxy) is 1. The average Bonchev–Trinajstić information content (AvgIpc) is 3.19. The zero-order valence-corrected chi connectivity index (χ0v) is 16.1. The third kappa shape index (κ3) is 7.65. The quantitative estimate of drug-likeness (QED) is 0.360. The zero-order chi connectivity index (χ0) is 19.3. The first kappa shape index (κ1) is 20.7. The normalized spacial score (nSPS) is 10.9. The molecule has 0 saturated carbocycles. The molecule has 0 fully saturated rings. The number of rotatable bonds is 10. The third-order valence-corrected chi connectivity index (χ3v) is 4.50. The molecule has 0 aromatic carbocycles. The van der Waals surface area contributed by atoms with E-state index in [9.17, 15) is 9.59 Å². The summed E-state index contributed by atoms with van der Waals surface area (Å²) in [6.07, 6.45) is 10.3. The van der Waals surface area contributed by atoms with Crippen molar-refractivity contribution in [2.24, 2.45) is 0 Å². The lowest BCUT2D eigenvalue weighted by Crippen LogP contribution is -2.24. The summed E-state index contributed by atoms with van der Waals surface area (Å²) in [5, 5.41) is 9.54. The van der Waals surface area contributed by atoms with Crippen LogP contribution in [0.3, 0.4) is 0 Å². The van der Waals surface area contributed by atoms with E-state index in [1.54, 1.807) is 31.5 Å². The van der Waals surface area contributed by atoms with E-state index in [0.717, 1.165) is 37.0 Å². The number of amides is 1. The number of nitrogens with one attached hydrogen (secondary N) is 2. The lowest BCUT2D eigenvalue weighted by atomic mass is 10.2. The standard InChI is InChI=1S/C19H24N4O3S/c1-2-12-26-19(25)27-13-6-4-3-5-9-21-18(24)17-14-16(22-23-17)15-7-10-20-11-8-15/h2,7-8,10-12,14H,3-6,9,13H2,1H3,(H,21,24)(H,22,23). The molecule has 7 nitrogen and oxygen atoms in total. The van der Waals surface area contributed by atoms with Gasteiger partial charge >= 0.3 is 5.30 Å². The predicted octanol–water partition coefficient (Wildman–Crippen LogP) is 4.17. The van der Waals surface area contributed by atoms with Crippen molar-refractivity contribution in [3.8, 4) is 11.3 Å². The number of H-pyrrole nitrogens is 1. The number of carbonyl (C=O) groups excluding carboxylic acids is 2. The Balaban J connectivity index is 1.56. The topological polar surface area (TPSA) is 97.0 Å². The Hall–Kier alpha value is -2.61. The average molecular weight is 388 g/mol. The van der Waals surface area contributed by atoms with Crippen LogP contribution >= 0.6 is 11.8 Å². The molecule has 0 aliphatic heterocycles. The first-order valence-electron chi connectivity index (χ1n) is 8.89. The molecule has 2 aromatic rings. The molecule has 2 heterocycles. The van der Waals surface area contributed by atoms with Crippen LogP contribution in [0.1, 0.15) is 43.1 Å². The Morgan fingerprint density at radius 3 is 2.78 bits per heavy atom. The van der Waals surface area contributed by atoms with Crippen LogP contribution in [-0.4, -0.2) is 38.7 Å². The van der Waals surface area contributed by atoms with Gasteiger partial charge < -0.3 is 10.1 Å². The summed E-state index contributed by atoms with van der Waals surface area (Å²) in [4.78, 5) is 27.4. The fourth-order valence-corrected chi connectivity index (χ4v) is 2.94. The number of hydrogen-bond acceptors (Lipinski definition) is 6. The van der Waals surface area contributed by atoms with Crippen LogP contribution in [0.15, 0.2) is 42.9 Å². The summed E-state index contributed by atoms with van der Waals surface area (Å²) < 4.78 is 4.82. The van der Waals surface area contributed by atoms with Crippen LogP contribution in [0.25, 0.3) is 11.3 Å². The number of nitrogens with zero attached hydrogens (tertiary/aromatic N) is 2. The van der Waals surface area contributed by atoms with Crippen LogP contribution in [0.4, 0.5) is 4.79 Å². The summed E-state index contributed by atoms with van der Waals surface area (Å²) >= 11 is 1.19. The van der Waals surface area contributed by atoms with Gasteiger partial charge in [0.25, 0.3) is 5.91 Å². The molecule has 0 aliphatic rings. The van der Waals surface area contributed by atoms with Gasteiger partial charge in [0.15, 0.2) is 0 Å². The summed E-state index contributed by atoms with van der Waals surface area (Å²) in [6.45, 7) is 2.40. The Bertz CT molecular complexity index is 746. The highest BCUT2D eigenvalue weighted by Crippen LogP contribution is 2.16. The summed E-state index contributed by atoms with van der Waals surface area (Å²) in [6, 6.07) is 5.42. The summed E-state index contributed by atoms with van der Waals surface area (Å²) in [5.74, 6) is 0.583. The van der Waals surface area contributed by atoms with E-state index in [1.807, 2.05) is 12.1 Å². The lowest BCUT2D eigenvalue weighted by Gasteiger charge is -2.03. The highest BCUT2D eigenvalue weighted by molar-refractivity contribution is 8.13. The second-order valence-corrected chi connectivity index (χ2v) is 6.79. The first-order valence-corrected chi connectivity index (χ1v) is 9.88. The van der Waals surface area contributed by atoms with Gasteiger partial charge in [0.2, 0.25) is 0 Å². The minimum atomic E-state index is -0.272. The van der Waals surface area contributed by atoms with Crippen molar-refractivity contribution in [1.82, 2.24) is 20.5 Å². The van der Waals surface area contributed by atoms with Gasteiger partial charge in [0.05, 0.1) is 12.0 Å². The van der Waals surface area contributed by atoms with Gasteiger partial charge in [-0.15, -0.1) is 0 Å². The van der Waals surface area contributed by atoms with Gasteiger partial charge in [0, 0.05) is 30.3 Å². The molecule has 2 N–H and O–H groups in total. The van der Waals surface area contributed by atoms with Gasteiger partial charge in [-0.25, -0.2) is 4.79 Å². The number of pyridine rings is 1. The monoisotopic (exact) mass is 388 g/mol. The molecule has 2 aromatic heterocycles. The smallest absolute Gasteiger partial charge is 0.372 e. The van der Waals surface area contributed by atoms with Crippen molar-refractivity contribution in [2.45, 2.75) is 32.6 Å². The minimum Gasteiger partial charge on any atom is -0.427 e. The zero-order valence-electron chi connectivity index (χ0n) is 15.3. The number of hydrogen-bond donors (Lipinski definition) is 2. The van der Waals surface area contributed by atoms with Crippen LogP contribution in [0.5, 0.6) is 0 Å². The molecule has 0 radical (unpaired) electrons. The predicted molar refractivity (Wildman–Crippen MR) is 106 cm³/mol. The van der Waals surface area contributed by atoms with Crippen molar-refractivity contribution >= 4 is 23.0 Å². The second kappa shape index (κ2) is 11.9. The maximum atomic E-state index is 12.1. The molecule has 0 saturated heterocycles. The minimum absolute atomic E-state index is 0.162. The van der Waals surface area contributed by atoms with Gasteiger partial charge in [-0.1, -0.05) is 18.9 Å². The molecule has 0 atom stereocenters. The van der Waals surface area contributed by atoms with Gasteiger partial charge in [0.1, 0.15) is 5.69 Å². The molecule has 8 heteroatoms. The number of unbranched alkanes of at least 4 members (excludes halogenated alkanes) is 3. The van der Waals surface area contributed by atoms with Crippen LogP contribution in [0, 0.1) is 0 Å². The van der Waals surface area contributed by atoms with E-state index in [1.165, 1.54) is 18.0 Å². The fourth-order valence-electron chi connectivity index (χ4n) is 2.30. The van der Waals surface area contributed by atoms with E-state index in [2.05, 4.69) is 20.5 Å². The van der Waals surface area contributed by atoms with Crippen molar-refractivity contribution in [2.75, 3.05) is 12.3 Å². The van der Waals surface area contributed by atoms with Crippen LogP contribution < -0.4 is 5.32 Å². The summed E-state index contributed by atoms with van der Waals surface area (Å²) in [5.41, 5.74) is 2.07. The fraction of sp³-hybridized carbons (Fsp3) is 0.368. The molecule has 0 aliphatic carbocycles. The van der Waals surface area contributed by atoms with Gasteiger partial charge in [-0.05, 0) is 49.7 Å². The van der Waals surface area contributed by atoms with E-state index in [-0.39, 0.29) is 11.2 Å². The number of thioether (sulfide) groups is 1. The van der Waals surface area contributed by atoms with Gasteiger partial charge in [-0.2, -0.15) is 5.10 Å². The largest absolute Gasteiger partial charge is 0.427 e. The molecule has 2 rings (SSSR count). The van der Waals surface area contributed by atoms with Crippen molar-refractivity contribution in [1.29, 1.82) is 0 Å². The highest BCUT2D eigenvalue weighted by atomic mass is 32.2. The van der Waals surface area contributed by atoms with E-state index in [0.29, 0.717) is 17.9 Å². The highest BCUT2D eigenvalue weighted by Gasteiger charge is 2.10. The molecule has 144 valence electrons. The Kier molecular flexibility index (Phi) is 9.12. The molecular weight excluding hydrogens is 364 g/mol. The third-order valence-electron chi connectivity index (χ3n) is 3.68. The Morgan fingerprint density at radius 1 is 1.22 bits per heavy atom. The van der Waals surface area contributed by atoms with Crippen molar-refractivity contribution < 1.29 is 14.3 Å². The molecule has 0 unspecified atom stereocenters. The molecular formula is C19H24N4O3S. The van der Waals surface area contributed by atoms with Crippen molar-refractivity contribution in [3.05, 3.63) is 48.6 Å². The van der Waals surface area contributed by atoms with E-state index >= 15 is 0 Å². The maximum Gasteiger partial charge on any atom is 0.372 e. The van der Waals surface area contributed by atoms with Crippen molar-refractivity contribution in [3.63, 3.8) is 0 Å². The molecule has 27 heavy (non-hydrogen) atoms. The number of allylic oxidation sites excluding steroid dienone is 1. The lowest BCUT2D eigenvalue weighted by molar-refractivity contribution is 0.0948. The molecule has 1 amide bonds. The maximum absolute atomic E-state index is 12.1. The number of aromatic nitrogens is 3. The Morgan fingerprint density at radius 2 is 2.00 bits per heavy atom. The van der Waals surface area contributed by atoms with Gasteiger partial charge in [-0.3, -0.25) is 14.9 Å². The second-order valence-electron chi connectivity index (χ2n) is 5.76. The van der Waals surface area contributed by atoms with E-state index < -0.39 is 0 Å². The molecule has 0 spiro atoms. The number of aromatic amines is 1. The molecule has 0 bridgehead atoms. The SMILES string of the molecule is CC=COC(=O)SCCCCCCNC(=O)c1cc(-c2ccncc2)n[nH]1. The van der Waals surface area contributed by atoms with Crippen LogP contribution in [0.2, 0.25) is 0 Å². The van der Waals surface area contributed by atoms with Crippen LogP contribution in [-0.2, 0) is 4.74 Å².